The second-order valence-electron chi connectivity index (χ2n) is 7.62. The summed E-state index contributed by atoms with van der Waals surface area (Å²) in [5, 5.41) is 4.88. The smallest absolute Gasteiger partial charge is 0.258 e. The topological polar surface area (TPSA) is 96.0 Å². The van der Waals surface area contributed by atoms with Gasteiger partial charge in [0, 0.05) is 18.0 Å². The van der Waals surface area contributed by atoms with Crippen molar-refractivity contribution in [2.75, 3.05) is 29.9 Å². The summed E-state index contributed by atoms with van der Waals surface area (Å²) in [6.07, 6.45) is 1.20. The van der Waals surface area contributed by atoms with E-state index in [0.29, 0.717) is 27.9 Å². The molecule has 3 aromatic rings. The van der Waals surface area contributed by atoms with Gasteiger partial charge in [-0.25, -0.2) is 9.99 Å². The van der Waals surface area contributed by atoms with Crippen molar-refractivity contribution >= 4 is 69.5 Å². The zero-order valence-corrected chi connectivity index (χ0v) is 21.5. The summed E-state index contributed by atoms with van der Waals surface area (Å²) in [5.41, 5.74) is 4.03. The van der Waals surface area contributed by atoms with Gasteiger partial charge in [-0.3, -0.25) is 19.9 Å². The average Bonchev–Trinajstić information content (AvgIpc) is 3.09. The second-order valence-corrected chi connectivity index (χ2v) is 8.83. The molecular formula is C24H21Cl2N5O4S. The molecule has 0 spiro atoms. The number of benzene rings is 2. The Labute approximate surface area is 222 Å². The highest BCUT2D eigenvalue weighted by molar-refractivity contribution is 7.80. The van der Waals surface area contributed by atoms with Gasteiger partial charge in [0.15, 0.2) is 5.82 Å². The third kappa shape index (κ3) is 5.46. The number of rotatable bonds is 8. The van der Waals surface area contributed by atoms with Crippen molar-refractivity contribution in [2.45, 2.75) is 12.5 Å². The van der Waals surface area contributed by atoms with Crippen LogP contribution in [0.25, 0.3) is 0 Å². The first kappa shape index (κ1) is 25.5. The van der Waals surface area contributed by atoms with Gasteiger partial charge in [0.05, 0.1) is 36.4 Å². The minimum Gasteiger partial charge on any atom is -0.497 e. The number of pyridine rings is 1. The average molecular weight is 546 g/mol. The number of amides is 2. The number of ether oxygens (including phenoxy) is 2. The SMILES string of the molecule is COc1ccc(N2C(=O)[C@H](CC(=O)Nc3cccc(OC)c3)N(Nc3ncc(Cl)cc3Cl)C2=S)cc1. The molecule has 1 saturated heterocycles. The number of hydrogen-bond donors (Lipinski definition) is 2. The molecule has 1 fully saturated rings. The molecule has 12 heteroatoms. The first-order valence-electron chi connectivity index (χ1n) is 10.6. The summed E-state index contributed by atoms with van der Waals surface area (Å²) in [6.45, 7) is 0. The van der Waals surface area contributed by atoms with Crippen LogP contribution in [0.4, 0.5) is 17.2 Å². The van der Waals surface area contributed by atoms with E-state index in [0.717, 1.165) is 0 Å². The minimum atomic E-state index is -0.987. The van der Waals surface area contributed by atoms with Gasteiger partial charge in [0.1, 0.15) is 17.5 Å². The molecule has 1 aliphatic rings. The molecule has 1 aromatic heterocycles. The van der Waals surface area contributed by atoms with Crippen molar-refractivity contribution in [3.8, 4) is 11.5 Å². The lowest BCUT2D eigenvalue weighted by Gasteiger charge is -2.25. The summed E-state index contributed by atoms with van der Waals surface area (Å²) in [6, 6.07) is 14.2. The number of hydrogen-bond acceptors (Lipinski definition) is 7. The number of nitrogens with zero attached hydrogens (tertiary/aromatic N) is 3. The van der Waals surface area contributed by atoms with E-state index in [4.69, 9.17) is 44.9 Å². The normalized spacial score (nSPS) is 15.2. The molecule has 1 atom stereocenters. The molecule has 2 aromatic carbocycles. The van der Waals surface area contributed by atoms with Crippen molar-refractivity contribution < 1.29 is 19.1 Å². The maximum Gasteiger partial charge on any atom is 0.258 e. The van der Waals surface area contributed by atoms with Crippen molar-refractivity contribution in [1.82, 2.24) is 9.99 Å². The summed E-state index contributed by atoms with van der Waals surface area (Å²) in [5.74, 6) is 0.638. The standard InChI is InChI=1S/C24H21Cl2N5O4S/c1-34-17-8-6-16(7-9-17)30-23(33)20(12-21(32)28-15-4-3-5-18(11-15)35-2)31(24(30)36)29-22-19(26)10-14(25)13-27-22/h3-11,13,20H,12H2,1-2H3,(H,27,29)(H,28,32)/t20-/m0/s1. The number of hydrazine groups is 1. The summed E-state index contributed by atoms with van der Waals surface area (Å²) in [7, 11) is 3.08. The van der Waals surface area contributed by atoms with Crippen LogP contribution in [0.2, 0.25) is 10.0 Å². The zero-order valence-electron chi connectivity index (χ0n) is 19.2. The summed E-state index contributed by atoms with van der Waals surface area (Å²) >= 11 is 17.9. The monoisotopic (exact) mass is 545 g/mol. The maximum atomic E-state index is 13.5. The van der Waals surface area contributed by atoms with E-state index in [2.05, 4.69) is 15.7 Å². The number of nitrogens with one attached hydrogen (secondary N) is 2. The van der Waals surface area contributed by atoms with Crippen molar-refractivity contribution in [3.05, 3.63) is 70.8 Å². The lowest BCUT2D eigenvalue weighted by Crippen LogP contribution is -2.42. The number of methoxy groups -OCH3 is 2. The van der Waals surface area contributed by atoms with Gasteiger partial charge in [-0.1, -0.05) is 29.3 Å². The van der Waals surface area contributed by atoms with Crippen LogP contribution in [-0.4, -0.2) is 47.2 Å². The number of carbonyl (C=O) groups is 2. The van der Waals surface area contributed by atoms with Crippen LogP contribution in [0.1, 0.15) is 6.42 Å². The van der Waals surface area contributed by atoms with Crippen LogP contribution in [0.3, 0.4) is 0 Å². The molecule has 0 saturated carbocycles. The number of aromatic nitrogens is 1. The molecule has 0 radical (unpaired) electrons. The predicted octanol–water partition coefficient (Wildman–Crippen LogP) is 4.76. The van der Waals surface area contributed by atoms with Gasteiger partial charge in [-0.05, 0) is 54.7 Å². The fourth-order valence-electron chi connectivity index (χ4n) is 3.57. The van der Waals surface area contributed by atoms with E-state index < -0.39 is 17.9 Å². The molecule has 0 unspecified atom stereocenters. The highest BCUT2D eigenvalue weighted by atomic mass is 35.5. The molecule has 0 aliphatic carbocycles. The van der Waals surface area contributed by atoms with Gasteiger partial charge in [-0.15, -0.1) is 0 Å². The third-order valence-electron chi connectivity index (χ3n) is 5.31. The zero-order chi connectivity index (χ0) is 25.8. The van der Waals surface area contributed by atoms with E-state index in [-0.39, 0.29) is 22.4 Å². The fraction of sp³-hybridized carbons (Fsp3) is 0.167. The van der Waals surface area contributed by atoms with Gasteiger partial charge >= 0.3 is 0 Å². The van der Waals surface area contributed by atoms with Crippen LogP contribution < -0.4 is 25.1 Å². The highest BCUT2D eigenvalue weighted by Crippen LogP contribution is 2.31. The Balaban J connectivity index is 1.62. The number of halogens is 2. The van der Waals surface area contributed by atoms with Crippen LogP contribution in [0.15, 0.2) is 60.8 Å². The molecule has 1 aliphatic heterocycles. The molecule has 9 nitrogen and oxygen atoms in total. The Kier molecular flexibility index (Phi) is 7.78. The van der Waals surface area contributed by atoms with Crippen molar-refractivity contribution in [1.29, 1.82) is 0 Å². The van der Waals surface area contributed by atoms with Crippen molar-refractivity contribution in [3.63, 3.8) is 0 Å². The maximum absolute atomic E-state index is 13.5. The molecular weight excluding hydrogens is 525 g/mol. The highest BCUT2D eigenvalue weighted by Gasteiger charge is 2.45. The molecule has 0 bridgehead atoms. The van der Waals surface area contributed by atoms with Gasteiger partial charge in [0.2, 0.25) is 11.0 Å². The number of thiocarbonyl (C=S) groups is 1. The van der Waals surface area contributed by atoms with Crippen LogP contribution in [-0.2, 0) is 9.59 Å². The van der Waals surface area contributed by atoms with E-state index in [1.165, 1.54) is 29.3 Å². The van der Waals surface area contributed by atoms with Crippen LogP contribution in [0.5, 0.6) is 11.5 Å². The Morgan fingerprint density at radius 1 is 1.08 bits per heavy atom. The second kappa shape index (κ2) is 11.0. The molecule has 36 heavy (non-hydrogen) atoms. The van der Waals surface area contributed by atoms with Gasteiger partial charge in [-0.2, -0.15) is 0 Å². The third-order valence-corrected chi connectivity index (χ3v) is 6.19. The lowest BCUT2D eigenvalue weighted by molar-refractivity contribution is -0.124. The first-order chi connectivity index (χ1) is 17.3. The number of carbonyl (C=O) groups excluding carboxylic acids is 2. The molecule has 2 amide bonds. The Hall–Kier alpha value is -3.60. The number of anilines is 3. The minimum absolute atomic E-state index is 0.122. The lowest BCUT2D eigenvalue weighted by atomic mass is 10.1. The fourth-order valence-corrected chi connectivity index (χ4v) is 4.36. The van der Waals surface area contributed by atoms with E-state index in [1.54, 1.807) is 55.6 Å². The van der Waals surface area contributed by atoms with Crippen LogP contribution >= 0.6 is 35.4 Å². The Morgan fingerprint density at radius 3 is 2.47 bits per heavy atom. The molecule has 4 rings (SSSR count). The predicted molar refractivity (Wildman–Crippen MR) is 143 cm³/mol. The largest absolute Gasteiger partial charge is 0.497 e. The van der Waals surface area contributed by atoms with E-state index >= 15 is 0 Å². The van der Waals surface area contributed by atoms with E-state index in [1.807, 2.05) is 0 Å². The first-order valence-corrected chi connectivity index (χ1v) is 11.8. The molecule has 2 heterocycles. The van der Waals surface area contributed by atoms with Crippen LogP contribution in [0, 0.1) is 0 Å². The van der Waals surface area contributed by atoms with Gasteiger partial charge < -0.3 is 14.8 Å². The molecule has 2 N–H and O–H groups in total. The van der Waals surface area contributed by atoms with Crippen molar-refractivity contribution in [2.24, 2.45) is 0 Å². The quantitative estimate of drug-likeness (QED) is 0.391. The molecule has 186 valence electrons. The van der Waals surface area contributed by atoms with Gasteiger partial charge in [0.25, 0.3) is 5.91 Å². The Morgan fingerprint density at radius 2 is 1.81 bits per heavy atom. The summed E-state index contributed by atoms with van der Waals surface area (Å²) in [4.78, 5) is 32.0. The Bertz CT molecular complexity index is 1310. The van der Waals surface area contributed by atoms with E-state index in [9.17, 15) is 9.59 Å². The summed E-state index contributed by atoms with van der Waals surface area (Å²) < 4.78 is 10.4.